The van der Waals surface area contributed by atoms with Gasteiger partial charge in [-0.2, -0.15) is 0 Å². The number of quaternary nitrogens is 1. The van der Waals surface area contributed by atoms with Crippen molar-refractivity contribution >= 4 is 23.3 Å². The Bertz CT molecular complexity index is 719. The fourth-order valence-electron chi connectivity index (χ4n) is 2.61. The summed E-state index contributed by atoms with van der Waals surface area (Å²) in [5.74, 6) is -0.190. The number of nitrogens with two attached hydrogens (primary N) is 1. The Labute approximate surface area is 153 Å². The van der Waals surface area contributed by atoms with Gasteiger partial charge in [-0.25, -0.2) is 0 Å². The summed E-state index contributed by atoms with van der Waals surface area (Å²) in [5, 5.41) is 5.45. The lowest BCUT2D eigenvalue weighted by molar-refractivity contribution is -0.682. The van der Waals surface area contributed by atoms with Crippen molar-refractivity contribution in [2.45, 2.75) is 32.4 Å². The van der Waals surface area contributed by atoms with Crippen molar-refractivity contribution in [3.8, 4) is 0 Å². The van der Waals surface area contributed by atoms with E-state index in [-0.39, 0.29) is 24.3 Å². The van der Waals surface area contributed by atoms with Gasteiger partial charge in [-0.3, -0.25) is 9.59 Å². The fourth-order valence-corrected chi connectivity index (χ4v) is 2.81. The summed E-state index contributed by atoms with van der Waals surface area (Å²) in [6, 6.07) is 16.9. The summed E-state index contributed by atoms with van der Waals surface area (Å²) in [6.07, 6.45) is 0.506. The summed E-state index contributed by atoms with van der Waals surface area (Å²) in [4.78, 5) is 24.1. The largest absolute Gasteiger partial charge is 0.341 e. The van der Waals surface area contributed by atoms with Crippen molar-refractivity contribution in [3.63, 3.8) is 0 Å². The summed E-state index contributed by atoms with van der Waals surface area (Å²) < 4.78 is 0. The molecule has 132 valence electrons. The maximum Gasteiger partial charge on any atom is 0.275 e. The molecule has 0 aromatic heterocycles. The van der Waals surface area contributed by atoms with Gasteiger partial charge in [0.1, 0.15) is 6.04 Å². The maximum atomic E-state index is 12.2. The van der Waals surface area contributed by atoms with Crippen LogP contribution in [0.5, 0.6) is 0 Å². The van der Waals surface area contributed by atoms with Crippen LogP contribution in [0, 0.1) is 0 Å². The molecular formula is C20H24ClN2O2+. The van der Waals surface area contributed by atoms with Gasteiger partial charge in [0.15, 0.2) is 12.3 Å². The van der Waals surface area contributed by atoms with Gasteiger partial charge in [-0.05, 0) is 38.0 Å². The van der Waals surface area contributed by atoms with E-state index in [4.69, 9.17) is 11.6 Å². The van der Waals surface area contributed by atoms with Gasteiger partial charge in [-0.1, -0.05) is 54.1 Å². The molecule has 0 fully saturated rings. The van der Waals surface area contributed by atoms with Gasteiger partial charge in [0.25, 0.3) is 5.91 Å². The number of carbonyl (C=O) groups excluding carboxylic acids is 2. The Morgan fingerprint density at radius 1 is 1.12 bits per heavy atom. The molecule has 2 atom stereocenters. The normalized spacial score (nSPS) is 13.1. The van der Waals surface area contributed by atoms with Gasteiger partial charge in [-0.15, -0.1) is 0 Å². The predicted octanol–water partition coefficient (Wildman–Crippen LogP) is 2.28. The zero-order valence-corrected chi connectivity index (χ0v) is 15.3. The number of carbonyl (C=O) groups is 2. The van der Waals surface area contributed by atoms with Crippen LogP contribution in [0.1, 0.15) is 31.0 Å². The molecule has 0 aliphatic carbocycles. The van der Waals surface area contributed by atoms with E-state index in [1.165, 1.54) is 6.92 Å². The molecule has 2 rings (SSSR count). The second-order valence-electron chi connectivity index (χ2n) is 6.20. The Kier molecular flexibility index (Phi) is 7.16. The predicted molar refractivity (Wildman–Crippen MR) is 99.4 cm³/mol. The molecule has 5 heteroatoms. The minimum Gasteiger partial charge on any atom is -0.341 e. The molecule has 0 saturated heterocycles. The van der Waals surface area contributed by atoms with Crippen molar-refractivity contribution in [2.75, 3.05) is 6.54 Å². The van der Waals surface area contributed by atoms with Crippen molar-refractivity contribution in [2.24, 2.45) is 0 Å². The minimum atomic E-state index is -0.496. The van der Waals surface area contributed by atoms with Crippen LogP contribution in [-0.2, 0) is 16.0 Å². The fraction of sp³-hybridized carbons (Fsp3) is 0.300. The molecule has 0 saturated carbocycles. The van der Waals surface area contributed by atoms with Crippen LogP contribution in [0.3, 0.4) is 0 Å². The number of Topliss-reactive ketones (excluding diaryl/α,β-unsaturated/α-hetero) is 1. The molecule has 0 heterocycles. The van der Waals surface area contributed by atoms with Crippen molar-refractivity contribution in [1.82, 2.24) is 5.32 Å². The van der Waals surface area contributed by atoms with Gasteiger partial charge in [0, 0.05) is 10.6 Å². The van der Waals surface area contributed by atoms with E-state index < -0.39 is 6.04 Å². The van der Waals surface area contributed by atoms with Gasteiger partial charge < -0.3 is 10.6 Å². The second kappa shape index (κ2) is 9.35. The lowest BCUT2D eigenvalue weighted by Crippen LogP contribution is -2.87. The highest BCUT2D eigenvalue weighted by Crippen LogP contribution is 2.14. The maximum absolute atomic E-state index is 12.2. The monoisotopic (exact) mass is 359 g/mol. The SMILES string of the molecule is CC(=O)[C@H](Cc1ccccc1)NC(=O)C[NH2+][C@H](C)c1cccc(Cl)c1. The third-order valence-electron chi connectivity index (χ3n) is 4.14. The smallest absolute Gasteiger partial charge is 0.275 e. The molecule has 0 aliphatic heterocycles. The third-order valence-corrected chi connectivity index (χ3v) is 4.37. The van der Waals surface area contributed by atoms with E-state index in [2.05, 4.69) is 5.32 Å². The Balaban J connectivity index is 1.87. The van der Waals surface area contributed by atoms with E-state index >= 15 is 0 Å². The number of hydrogen-bond donors (Lipinski definition) is 2. The van der Waals surface area contributed by atoms with Crippen molar-refractivity contribution in [3.05, 3.63) is 70.7 Å². The average Bonchev–Trinajstić information content (AvgIpc) is 2.60. The molecule has 3 N–H and O–H groups in total. The summed E-state index contributed by atoms with van der Waals surface area (Å²) in [6.45, 7) is 3.78. The van der Waals surface area contributed by atoms with Gasteiger partial charge >= 0.3 is 0 Å². The van der Waals surface area contributed by atoms with Crippen LogP contribution in [0.4, 0.5) is 0 Å². The quantitative estimate of drug-likeness (QED) is 0.759. The molecule has 0 spiro atoms. The molecule has 2 aromatic rings. The average molecular weight is 360 g/mol. The number of rotatable bonds is 8. The van der Waals surface area contributed by atoms with Gasteiger partial charge in [0.05, 0.1) is 6.04 Å². The summed E-state index contributed by atoms with van der Waals surface area (Å²) >= 11 is 6.00. The lowest BCUT2D eigenvalue weighted by Gasteiger charge is -2.17. The topological polar surface area (TPSA) is 62.8 Å². The third kappa shape index (κ3) is 6.33. The second-order valence-corrected chi connectivity index (χ2v) is 6.64. The molecule has 0 unspecified atom stereocenters. The highest BCUT2D eigenvalue weighted by molar-refractivity contribution is 6.30. The van der Waals surface area contributed by atoms with E-state index in [0.29, 0.717) is 11.4 Å². The summed E-state index contributed by atoms with van der Waals surface area (Å²) in [5.41, 5.74) is 2.09. The minimum absolute atomic E-state index is 0.0416. The molecule has 1 amide bonds. The molecule has 2 aromatic carbocycles. The number of halogens is 1. The zero-order valence-electron chi connectivity index (χ0n) is 14.5. The van der Waals surface area contributed by atoms with E-state index in [1.54, 1.807) is 0 Å². The van der Waals surface area contributed by atoms with Crippen LogP contribution >= 0.6 is 11.6 Å². The number of amides is 1. The zero-order chi connectivity index (χ0) is 18.2. The van der Waals surface area contributed by atoms with E-state index in [1.807, 2.05) is 66.8 Å². The number of ketones is 1. The van der Waals surface area contributed by atoms with E-state index in [9.17, 15) is 9.59 Å². The van der Waals surface area contributed by atoms with Crippen LogP contribution < -0.4 is 10.6 Å². The first kappa shape index (κ1) is 19.2. The van der Waals surface area contributed by atoms with Crippen LogP contribution in [0.15, 0.2) is 54.6 Å². The number of benzene rings is 2. The lowest BCUT2D eigenvalue weighted by atomic mass is 10.0. The van der Waals surface area contributed by atoms with E-state index in [0.717, 1.165) is 11.1 Å². The molecule has 25 heavy (non-hydrogen) atoms. The molecule has 4 nitrogen and oxygen atoms in total. The molecule has 0 aliphatic rings. The highest BCUT2D eigenvalue weighted by Gasteiger charge is 2.19. The van der Waals surface area contributed by atoms with Crippen LogP contribution in [0.2, 0.25) is 5.02 Å². The first-order valence-corrected chi connectivity index (χ1v) is 8.76. The number of hydrogen-bond acceptors (Lipinski definition) is 2. The Morgan fingerprint density at radius 3 is 2.48 bits per heavy atom. The Morgan fingerprint density at radius 2 is 1.84 bits per heavy atom. The molecule has 0 bridgehead atoms. The first-order valence-electron chi connectivity index (χ1n) is 8.38. The standard InChI is InChI=1S/C20H23ClN2O2/c1-14(17-9-6-10-18(21)12-17)22-13-20(25)23-19(15(2)24)11-16-7-4-3-5-8-16/h3-10,12,14,19,22H,11,13H2,1-2H3,(H,23,25)/p+1/t14-,19+/m1/s1. The first-order chi connectivity index (χ1) is 12.0. The van der Waals surface area contributed by atoms with Crippen molar-refractivity contribution < 1.29 is 14.9 Å². The number of nitrogens with one attached hydrogen (secondary N) is 1. The van der Waals surface area contributed by atoms with Crippen molar-refractivity contribution in [1.29, 1.82) is 0 Å². The molecule has 0 radical (unpaired) electrons. The van der Waals surface area contributed by atoms with Gasteiger partial charge in [0.2, 0.25) is 0 Å². The highest BCUT2D eigenvalue weighted by atomic mass is 35.5. The Hall–Kier alpha value is -2.17. The van der Waals surface area contributed by atoms with Crippen LogP contribution in [0.25, 0.3) is 0 Å². The van der Waals surface area contributed by atoms with Crippen LogP contribution in [-0.4, -0.2) is 24.3 Å². The molecular weight excluding hydrogens is 336 g/mol. The summed E-state index contributed by atoms with van der Waals surface area (Å²) in [7, 11) is 0.